The summed E-state index contributed by atoms with van der Waals surface area (Å²) in [5.74, 6) is 0.568. The first-order valence-electron chi connectivity index (χ1n) is 7.45. The van der Waals surface area contributed by atoms with Gasteiger partial charge in [-0.3, -0.25) is 15.1 Å². The second kappa shape index (κ2) is 7.49. The Bertz CT molecular complexity index is 866. The van der Waals surface area contributed by atoms with E-state index in [0.717, 1.165) is 0 Å². The van der Waals surface area contributed by atoms with Crippen LogP contribution in [0.4, 0.5) is 11.4 Å². The molecule has 0 bridgehead atoms. The number of ether oxygens (including phenoxy) is 1. The van der Waals surface area contributed by atoms with Crippen molar-refractivity contribution in [1.82, 2.24) is 15.1 Å². The van der Waals surface area contributed by atoms with E-state index in [1.54, 1.807) is 43.8 Å². The lowest BCUT2D eigenvalue weighted by molar-refractivity contribution is -0.383. The fraction of sp³-hybridized carbons (Fsp3) is 0.188. The second-order valence-electron chi connectivity index (χ2n) is 5.07. The molecule has 0 aliphatic carbocycles. The number of hydrogen-bond acceptors (Lipinski definition) is 8. The normalized spacial score (nSPS) is 10.6. The average Bonchev–Trinajstić information content (AvgIpc) is 3.13. The van der Waals surface area contributed by atoms with E-state index in [0.29, 0.717) is 35.8 Å². The van der Waals surface area contributed by atoms with Gasteiger partial charge in [-0.25, -0.2) is 0 Å². The summed E-state index contributed by atoms with van der Waals surface area (Å²) >= 11 is 0. The van der Waals surface area contributed by atoms with Gasteiger partial charge in [-0.15, -0.1) is 0 Å². The summed E-state index contributed by atoms with van der Waals surface area (Å²) < 4.78 is 10.2. The van der Waals surface area contributed by atoms with Crippen molar-refractivity contribution in [1.29, 1.82) is 0 Å². The topological polar surface area (TPSA) is 116 Å². The van der Waals surface area contributed by atoms with E-state index in [1.165, 1.54) is 6.07 Å². The molecule has 1 aromatic carbocycles. The van der Waals surface area contributed by atoms with Crippen LogP contribution in [-0.4, -0.2) is 40.3 Å². The highest BCUT2D eigenvalue weighted by atomic mass is 16.6. The molecule has 1 N–H and O–H groups in total. The summed E-state index contributed by atoms with van der Waals surface area (Å²) in [4.78, 5) is 19.1. The summed E-state index contributed by atoms with van der Waals surface area (Å²) in [7, 11) is 1.56. The molecule has 3 aromatic rings. The Kier molecular flexibility index (Phi) is 4.95. The Morgan fingerprint density at radius 1 is 1.32 bits per heavy atom. The smallest absolute Gasteiger partial charge is 0.293 e. The number of rotatable bonds is 7. The zero-order valence-electron chi connectivity index (χ0n) is 13.4. The number of nitro groups is 1. The van der Waals surface area contributed by atoms with E-state index >= 15 is 0 Å². The van der Waals surface area contributed by atoms with Crippen LogP contribution in [0.1, 0.15) is 0 Å². The summed E-state index contributed by atoms with van der Waals surface area (Å²) in [6.45, 7) is 0.902. The lowest BCUT2D eigenvalue weighted by Crippen LogP contribution is -2.09. The molecular formula is C16H15N5O4. The molecule has 0 fully saturated rings. The Hall–Kier alpha value is -3.33. The van der Waals surface area contributed by atoms with Crippen LogP contribution in [0.3, 0.4) is 0 Å². The molecule has 9 heteroatoms. The summed E-state index contributed by atoms with van der Waals surface area (Å²) in [6, 6.07) is 8.25. The first-order chi connectivity index (χ1) is 12.2. The maximum atomic E-state index is 11.3. The van der Waals surface area contributed by atoms with Crippen molar-refractivity contribution in [3.05, 3.63) is 52.8 Å². The van der Waals surface area contributed by atoms with Gasteiger partial charge < -0.3 is 14.6 Å². The number of aromatic nitrogens is 3. The predicted molar refractivity (Wildman–Crippen MR) is 90.0 cm³/mol. The molecule has 2 aromatic heterocycles. The van der Waals surface area contributed by atoms with Gasteiger partial charge in [0.15, 0.2) is 0 Å². The third kappa shape index (κ3) is 3.78. The van der Waals surface area contributed by atoms with Crippen molar-refractivity contribution in [2.45, 2.75) is 0 Å². The fourth-order valence-corrected chi connectivity index (χ4v) is 2.21. The number of benzene rings is 1. The minimum Gasteiger partial charge on any atom is -0.383 e. The molecule has 0 amide bonds. The van der Waals surface area contributed by atoms with E-state index in [1.807, 2.05) is 0 Å². The monoisotopic (exact) mass is 341 g/mol. The third-order valence-corrected chi connectivity index (χ3v) is 3.41. The number of methoxy groups -OCH3 is 1. The van der Waals surface area contributed by atoms with E-state index in [9.17, 15) is 10.1 Å². The summed E-state index contributed by atoms with van der Waals surface area (Å²) in [5, 5.41) is 18.2. The van der Waals surface area contributed by atoms with Crippen molar-refractivity contribution in [3.8, 4) is 22.8 Å². The molecule has 0 unspecified atom stereocenters. The van der Waals surface area contributed by atoms with Gasteiger partial charge >= 0.3 is 0 Å². The van der Waals surface area contributed by atoms with Crippen LogP contribution in [0.25, 0.3) is 22.8 Å². The SMILES string of the molecule is COCCNc1ccc(-c2nc(-c3cccnc3)no2)cc1[N+](=O)[O-]. The Morgan fingerprint density at radius 3 is 2.92 bits per heavy atom. The first-order valence-corrected chi connectivity index (χ1v) is 7.45. The van der Waals surface area contributed by atoms with Gasteiger partial charge in [0.05, 0.1) is 11.5 Å². The van der Waals surface area contributed by atoms with Crippen molar-refractivity contribution < 1.29 is 14.2 Å². The summed E-state index contributed by atoms with van der Waals surface area (Å²) in [5.41, 5.74) is 1.49. The van der Waals surface area contributed by atoms with Crippen LogP contribution in [0.2, 0.25) is 0 Å². The molecule has 9 nitrogen and oxygen atoms in total. The second-order valence-corrected chi connectivity index (χ2v) is 5.07. The third-order valence-electron chi connectivity index (χ3n) is 3.41. The van der Waals surface area contributed by atoms with Gasteiger partial charge in [-0.2, -0.15) is 4.98 Å². The number of pyridine rings is 1. The largest absolute Gasteiger partial charge is 0.383 e. The quantitative estimate of drug-likeness (QED) is 0.396. The van der Waals surface area contributed by atoms with E-state index < -0.39 is 4.92 Å². The van der Waals surface area contributed by atoms with Crippen LogP contribution in [0.15, 0.2) is 47.2 Å². The fourth-order valence-electron chi connectivity index (χ4n) is 2.21. The molecule has 25 heavy (non-hydrogen) atoms. The van der Waals surface area contributed by atoms with Crippen molar-refractivity contribution >= 4 is 11.4 Å². The highest BCUT2D eigenvalue weighted by Gasteiger charge is 2.18. The Morgan fingerprint density at radius 2 is 2.20 bits per heavy atom. The first kappa shape index (κ1) is 16.5. The van der Waals surface area contributed by atoms with E-state index in [4.69, 9.17) is 9.26 Å². The molecule has 3 rings (SSSR count). The van der Waals surface area contributed by atoms with Gasteiger partial charge in [0.2, 0.25) is 5.82 Å². The van der Waals surface area contributed by atoms with Gasteiger partial charge in [0, 0.05) is 43.2 Å². The number of anilines is 1. The van der Waals surface area contributed by atoms with Gasteiger partial charge in [-0.1, -0.05) is 5.16 Å². The van der Waals surface area contributed by atoms with Crippen molar-refractivity contribution in [2.75, 3.05) is 25.6 Å². The van der Waals surface area contributed by atoms with Gasteiger partial charge in [0.1, 0.15) is 5.69 Å². The minimum atomic E-state index is -0.461. The minimum absolute atomic E-state index is 0.0743. The van der Waals surface area contributed by atoms with Gasteiger partial charge in [0.25, 0.3) is 11.6 Å². The van der Waals surface area contributed by atoms with Gasteiger partial charge in [-0.05, 0) is 24.3 Å². The highest BCUT2D eigenvalue weighted by molar-refractivity contribution is 5.70. The lowest BCUT2D eigenvalue weighted by atomic mass is 10.1. The number of nitro benzene ring substituents is 1. The average molecular weight is 341 g/mol. The molecule has 2 heterocycles. The van der Waals surface area contributed by atoms with E-state index in [-0.39, 0.29) is 11.6 Å². The highest BCUT2D eigenvalue weighted by Crippen LogP contribution is 2.30. The number of nitrogens with zero attached hydrogens (tertiary/aromatic N) is 4. The molecule has 0 atom stereocenters. The molecule has 0 aliphatic heterocycles. The lowest BCUT2D eigenvalue weighted by Gasteiger charge is -2.07. The molecular weight excluding hydrogens is 326 g/mol. The molecule has 0 aliphatic rings. The molecule has 128 valence electrons. The van der Waals surface area contributed by atoms with Crippen LogP contribution in [0, 0.1) is 10.1 Å². The maximum absolute atomic E-state index is 11.3. The van der Waals surface area contributed by atoms with Crippen molar-refractivity contribution in [2.24, 2.45) is 0 Å². The van der Waals surface area contributed by atoms with Crippen LogP contribution < -0.4 is 5.32 Å². The van der Waals surface area contributed by atoms with E-state index in [2.05, 4.69) is 20.4 Å². The zero-order valence-corrected chi connectivity index (χ0v) is 13.4. The van der Waals surface area contributed by atoms with Crippen LogP contribution >= 0.6 is 0 Å². The zero-order chi connectivity index (χ0) is 17.6. The Labute approximate surface area is 142 Å². The summed E-state index contributed by atoms with van der Waals surface area (Å²) in [6.07, 6.45) is 3.25. The molecule has 0 saturated carbocycles. The standard InChI is InChI=1S/C16H15N5O4/c1-24-8-7-18-13-5-4-11(9-14(13)21(22)23)16-19-15(20-25-16)12-3-2-6-17-10-12/h2-6,9-10,18H,7-8H2,1H3. The van der Waals surface area contributed by atoms with Crippen LogP contribution in [0.5, 0.6) is 0 Å². The molecule has 0 spiro atoms. The molecule has 0 radical (unpaired) electrons. The number of nitrogens with one attached hydrogen (secondary N) is 1. The molecule has 0 saturated heterocycles. The Balaban J connectivity index is 1.89. The van der Waals surface area contributed by atoms with Crippen LogP contribution in [-0.2, 0) is 4.74 Å². The maximum Gasteiger partial charge on any atom is 0.293 e. The predicted octanol–water partition coefficient (Wildman–Crippen LogP) is 2.77. The van der Waals surface area contributed by atoms with Crippen molar-refractivity contribution in [3.63, 3.8) is 0 Å². The number of hydrogen-bond donors (Lipinski definition) is 1.